The van der Waals surface area contributed by atoms with E-state index in [0.29, 0.717) is 23.0 Å². The molecule has 26 heavy (non-hydrogen) atoms. The molecule has 0 unspecified atom stereocenters. The maximum absolute atomic E-state index is 5.57. The lowest BCUT2D eigenvalue weighted by atomic mass is 10.0. The molecule has 0 saturated heterocycles. The maximum atomic E-state index is 5.57. The Bertz CT molecular complexity index is 772. The fourth-order valence-electron chi connectivity index (χ4n) is 2.75. The van der Waals surface area contributed by atoms with Crippen molar-refractivity contribution in [2.24, 2.45) is 0 Å². The number of benzene rings is 3. The van der Waals surface area contributed by atoms with Crippen LogP contribution in [0.1, 0.15) is 0 Å². The van der Waals surface area contributed by atoms with Crippen LogP contribution in [0.15, 0.2) is 36.4 Å². The molecule has 0 heterocycles. The molecule has 0 saturated carbocycles. The standard InChI is InChI=1S/C18H18O4S4/c23-7-19-15-3-11-1-12-4-16(20-8-24)18(22-10-26)6-14(12)2-13(11)5-17(15)21-9-25/h1-6,23-26H,7-10H2. The minimum absolute atomic E-state index is 0.256. The van der Waals surface area contributed by atoms with Gasteiger partial charge in [0, 0.05) is 0 Å². The smallest absolute Gasteiger partial charge is 0.163 e. The Kier molecular flexibility index (Phi) is 6.86. The first-order chi connectivity index (χ1) is 12.7. The van der Waals surface area contributed by atoms with Crippen LogP contribution in [0.25, 0.3) is 21.5 Å². The molecule has 0 aliphatic rings. The molecule has 0 radical (unpaired) electrons. The molecule has 0 bridgehead atoms. The zero-order valence-corrected chi connectivity index (χ0v) is 17.3. The third kappa shape index (κ3) is 4.19. The molecule has 0 fully saturated rings. The molecule has 0 aliphatic heterocycles. The zero-order chi connectivity index (χ0) is 18.5. The van der Waals surface area contributed by atoms with Gasteiger partial charge in [0.1, 0.15) is 23.8 Å². The van der Waals surface area contributed by atoms with E-state index in [0.717, 1.165) is 21.5 Å². The van der Waals surface area contributed by atoms with Crippen molar-refractivity contribution in [1.82, 2.24) is 0 Å². The first-order valence-electron chi connectivity index (χ1n) is 7.70. The van der Waals surface area contributed by atoms with Crippen molar-refractivity contribution >= 4 is 72.1 Å². The van der Waals surface area contributed by atoms with Crippen molar-refractivity contribution in [2.45, 2.75) is 0 Å². The van der Waals surface area contributed by atoms with Crippen LogP contribution < -0.4 is 18.9 Å². The fraction of sp³-hybridized carbons (Fsp3) is 0.222. The van der Waals surface area contributed by atoms with E-state index in [4.69, 9.17) is 18.9 Å². The second kappa shape index (κ2) is 9.12. The van der Waals surface area contributed by atoms with Gasteiger partial charge in [0.25, 0.3) is 0 Å². The van der Waals surface area contributed by atoms with Crippen LogP contribution >= 0.6 is 50.5 Å². The van der Waals surface area contributed by atoms with Gasteiger partial charge in [-0.15, -0.1) is 50.5 Å². The van der Waals surface area contributed by atoms with Crippen molar-refractivity contribution in [1.29, 1.82) is 0 Å². The average molecular weight is 427 g/mol. The van der Waals surface area contributed by atoms with Gasteiger partial charge in [-0.2, -0.15) is 0 Å². The van der Waals surface area contributed by atoms with Gasteiger partial charge in [0.15, 0.2) is 23.0 Å². The van der Waals surface area contributed by atoms with Gasteiger partial charge in [-0.25, -0.2) is 0 Å². The van der Waals surface area contributed by atoms with Gasteiger partial charge in [-0.1, -0.05) is 0 Å². The van der Waals surface area contributed by atoms with Crippen molar-refractivity contribution < 1.29 is 18.9 Å². The summed E-state index contributed by atoms with van der Waals surface area (Å²) in [4.78, 5) is 0. The van der Waals surface area contributed by atoms with Gasteiger partial charge in [-0.05, 0) is 57.9 Å². The molecule has 0 N–H and O–H groups in total. The van der Waals surface area contributed by atoms with Gasteiger partial charge in [0.2, 0.25) is 0 Å². The predicted molar refractivity (Wildman–Crippen MR) is 119 cm³/mol. The SMILES string of the molecule is SCOc1cc2cc3cc(OCS)c(OCS)cc3cc2cc1OCS. The molecule has 3 aromatic rings. The lowest BCUT2D eigenvalue weighted by Gasteiger charge is -2.14. The Hall–Kier alpha value is -1.22. The van der Waals surface area contributed by atoms with E-state index in [1.54, 1.807) is 0 Å². The molecule has 3 aromatic carbocycles. The Morgan fingerprint density at radius 1 is 0.423 bits per heavy atom. The Balaban J connectivity index is 2.18. The van der Waals surface area contributed by atoms with Crippen molar-refractivity contribution in [3.63, 3.8) is 0 Å². The van der Waals surface area contributed by atoms with Gasteiger partial charge < -0.3 is 18.9 Å². The van der Waals surface area contributed by atoms with Crippen LogP contribution in [-0.4, -0.2) is 23.8 Å². The largest absolute Gasteiger partial charge is 0.479 e. The predicted octanol–water partition coefficient (Wildman–Crippen LogP) is 5.06. The Morgan fingerprint density at radius 3 is 0.846 bits per heavy atom. The van der Waals surface area contributed by atoms with E-state index >= 15 is 0 Å². The summed E-state index contributed by atoms with van der Waals surface area (Å²) in [5.74, 6) is 3.54. The van der Waals surface area contributed by atoms with Crippen molar-refractivity contribution in [2.75, 3.05) is 23.8 Å². The molecule has 0 amide bonds. The fourth-order valence-corrected chi connectivity index (χ4v) is 3.30. The van der Waals surface area contributed by atoms with Crippen LogP contribution in [-0.2, 0) is 0 Å². The molecule has 4 nitrogen and oxygen atoms in total. The van der Waals surface area contributed by atoms with Crippen LogP contribution in [0, 0.1) is 0 Å². The first kappa shape index (κ1) is 19.5. The zero-order valence-electron chi connectivity index (χ0n) is 13.7. The second-order valence-electron chi connectivity index (χ2n) is 5.24. The third-order valence-electron chi connectivity index (χ3n) is 3.80. The van der Waals surface area contributed by atoms with Crippen LogP contribution in [0.3, 0.4) is 0 Å². The normalized spacial score (nSPS) is 10.9. The molecule has 3 rings (SSSR count). The molecule has 0 atom stereocenters. The maximum Gasteiger partial charge on any atom is 0.163 e. The van der Waals surface area contributed by atoms with Gasteiger partial charge in [0.05, 0.1) is 0 Å². The van der Waals surface area contributed by atoms with E-state index in [9.17, 15) is 0 Å². The number of hydrogen-bond donors (Lipinski definition) is 4. The number of hydrogen-bond acceptors (Lipinski definition) is 8. The highest BCUT2D eigenvalue weighted by molar-refractivity contribution is 7.80. The number of thiol groups is 4. The van der Waals surface area contributed by atoms with Crippen molar-refractivity contribution in [3.8, 4) is 23.0 Å². The summed E-state index contributed by atoms with van der Waals surface area (Å²) in [6.07, 6.45) is 0. The van der Waals surface area contributed by atoms with E-state index < -0.39 is 0 Å². The highest BCUT2D eigenvalue weighted by Crippen LogP contribution is 2.38. The minimum atomic E-state index is 0.256. The molecular weight excluding hydrogens is 408 g/mol. The molecular formula is C18H18O4S4. The van der Waals surface area contributed by atoms with E-state index in [1.807, 2.05) is 24.3 Å². The minimum Gasteiger partial charge on any atom is -0.479 e. The van der Waals surface area contributed by atoms with Crippen LogP contribution in [0.4, 0.5) is 0 Å². The van der Waals surface area contributed by atoms with Crippen molar-refractivity contribution in [3.05, 3.63) is 36.4 Å². The van der Waals surface area contributed by atoms with Crippen LogP contribution in [0.2, 0.25) is 0 Å². The first-order valence-corrected chi connectivity index (χ1v) is 10.2. The topological polar surface area (TPSA) is 36.9 Å². The van der Waals surface area contributed by atoms with Crippen LogP contribution in [0.5, 0.6) is 23.0 Å². The highest BCUT2D eigenvalue weighted by Gasteiger charge is 2.12. The summed E-state index contributed by atoms with van der Waals surface area (Å²) in [6.45, 7) is 0. The molecule has 0 spiro atoms. The summed E-state index contributed by atoms with van der Waals surface area (Å²) < 4.78 is 22.3. The Morgan fingerprint density at radius 2 is 0.654 bits per heavy atom. The lowest BCUT2D eigenvalue weighted by Crippen LogP contribution is -1.97. The second-order valence-corrected chi connectivity index (χ2v) is 6.27. The van der Waals surface area contributed by atoms with E-state index in [2.05, 4.69) is 62.6 Å². The average Bonchev–Trinajstić information content (AvgIpc) is 2.62. The van der Waals surface area contributed by atoms with Gasteiger partial charge in [-0.3, -0.25) is 0 Å². The molecule has 0 aliphatic carbocycles. The van der Waals surface area contributed by atoms with Gasteiger partial charge >= 0.3 is 0 Å². The highest BCUT2D eigenvalue weighted by atomic mass is 32.1. The summed E-state index contributed by atoms with van der Waals surface area (Å²) in [5, 5.41) is 4.06. The third-order valence-corrected chi connectivity index (χ3v) is 4.32. The number of fused-ring (bicyclic) bond motifs is 2. The quantitative estimate of drug-likeness (QED) is 0.231. The summed E-state index contributed by atoms with van der Waals surface area (Å²) in [7, 11) is 0. The lowest BCUT2D eigenvalue weighted by molar-refractivity contribution is 0.337. The number of ether oxygens (including phenoxy) is 4. The summed E-state index contributed by atoms with van der Waals surface area (Å²) >= 11 is 16.5. The summed E-state index contributed by atoms with van der Waals surface area (Å²) in [5.41, 5.74) is 0. The van der Waals surface area contributed by atoms with E-state index in [1.165, 1.54) is 0 Å². The molecule has 0 aromatic heterocycles. The van der Waals surface area contributed by atoms with E-state index in [-0.39, 0.29) is 23.8 Å². The number of rotatable bonds is 8. The molecule has 138 valence electrons. The Labute approximate surface area is 173 Å². The monoisotopic (exact) mass is 426 g/mol. The molecule has 8 heteroatoms. The summed E-state index contributed by atoms with van der Waals surface area (Å²) in [6, 6.07) is 11.9.